The molecule has 5 atom stereocenters. The normalized spacial score (nSPS) is 20.2. The van der Waals surface area contributed by atoms with Crippen LogP contribution in [0.25, 0.3) is 11.1 Å². The lowest BCUT2D eigenvalue weighted by Crippen LogP contribution is -2.58. The molecule has 1 aliphatic carbocycles. The average Bonchev–Trinajstić information content (AvgIpc) is 3.16. The molecule has 4 aromatic carbocycles. The fourth-order valence-electron chi connectivity index (χ4n) is 6.31. The third-order valence-electron chi connectivity index (χ3n) is 9.16. The summed E-state index contributed by atoms with van der Waals surface area (Å²) in [6.45, 7) is -0.882. The Morgan fingerprint density at radius 2 is 1.14 bits per heavy atom. The number of carboxylic acid groups (broad SMARTS) is 1. The number of aromatic hydroxyl groups is 11. The quantitative estimate of drug-likeness (QED) is 0.0741. The monoisotopic (exact) mass is 800 g/mol. The molecule has 0 radical (unpaired) electrons. The topological polar surface area (TPSA) is 388 Å². The van der Waals surface area contributed by atoms with E-state index in [1.54, 1.807) is 0 Å². The number of aliphatic hydroxyl groups is 2. The summed E-state index contributed by atoms with van der Waals surface area (Å²) < 4.78 is 21.7. The number of hydrogen-bond acceptors (Lipinski definition) is 21. The van der Waals surface area contributed by atoms with E-state index in [-0.39, 0.29) is 0 Å². The zero-order chi connectivity index (χ0) is 41.9. The second-order valence-corrected chi connectivity index (χ2v) is 12.6. The van der Waals surface area contributed by atoms with Gasteiger partial charge in [-0.1, -0.05) is 0 Å². The van der Waals surface area contributed by atoms with Crippen molar-refractivity contribution >= 4 is 23.9 Å². The first-order chi connectivity index (χ1) is 26.8. The van der Waals surface area contributed by atoms with Gasteiger partial charge in [0, 0.05) is 29.7 Å². The molecule has 1 heterocycles. The maximum absolute atomic E-state index is 13.9. The standard InChI is InChI=1S/C35H28O22/c36-7-9-3-18(55-33(51)8-1-13(37)22(42)17(2-8)54-29-12(32(49)50)6-16(40)25(45)28(29)48)30-31(21(9)41)57-35(53)11-5-15(39)24(44)27(47)20(11)19-10(34(52)56-30)4-14(38)23(43)26(19)46/h1-2,4-6,9,18,21,30-31,36-48H,3,7H2,(H,49,50)/t9-,18+,21-,30-,31+/m1/s1. The van der Waals surface area contributed by atoms with Crippen molar-refractivity contribution in [2.45, 2.75) is 30.8 Å². The van der Waals surface area contributed by atoms with Gasteiger partial charge < -0.3 is 90.4 Å². The molecule has 1 saturated carbocycles. The Morgan fingerprint density at radius 1 is 0.649 bits per heavy atom. The van der Waals surface area contributed by atoms with Gasteiger partial charge in [0.1, 0.15) is 11.7 Å². The molecule has 1 fully saturated rings. The van der Waals surface area contributed by atoms with Gasteiger partial charge in [0.2, 0.25) is 28.7 Å². The zero-order valence-electron chi connectivity index (χ0n) is 28.2. The summed E-state index contributed by atoms with van der Waals surface area (Å²) in [4.78, 5) is 53.0. The Labute approximate surface area is 315 Å². The van der Waals surface area contributed by atoms with Crippen LogP contribution in [0.1, 0.15) is 47.9 Å². The van der Waals surface area contributed by atoms with Crippen LogP contribution in [0.3, 0.4) is 0 Å². The van der Waals surface area contributed by atoms with Gasteiger partial charge in [0.05, 0.1) is 22.8 Å². The molecule has 6 rings (SSSR count). The highest BCUT2D eigenvalue weighted by atomic mass is 16.6. The van der Waals surface area contributed by atoms with Gasteiger partial charge in [-0.25, -0.2) is 19.2 Å². The number of phenols is 11. The molecule has 0 bridgehead atoms. The number of phenolic OH excluding ortho intramolecular Hbond substituents is 11. The average molecular weight is 801 g/mol. The number of benzene rings is 4. The number of ether oxygens (including phenoxy) is 4. The van der Waals surface area contributed by atoms with E-state index >= 15 is 0 Å². The summed E-state index contributed by atoms with van der Waals surface area (Å²) in [6, 6.07) is 2.76. The highest BCUT2D eigenvalue weighted by molar-refractivity contribution is 6.08. The zero-order valence-corrected chi connectivity index (χ0v) is 28.2. The fourth-order valence-corrected chi connectivity index (χ4v) is 6.31. The van der Waals surface area contributed by atoms with Gasteiger partial charge in [0.25, 0.3) is 0 Å². The molecule has 2 aliphatic rings. The number of aliphatic hydroxyl groups excluding tert-OH is 2. The minimum absolute atomic E-state index is 0.471. The number of aromatic carboxylic acids is 1. The van der Waals surface area contributed by atoms with Crippen LogP contribution in [-0.2, 0) is 14.2 Å². The van der Waals surface area contributed by atoms with Crippen LogP contribution in [0.5, 0.6) is 74.7 Å². The first-order valence-electron chi connectivity index (χ1n) is 16.0. The number of esters is 3. The van der Waals surface area contributed by atoms with Crippen molar-refractivity contribution in [3.63, 3.8) is 0 Å². The Morgan fingerprint density at radius 3 is 1.67 bits per heavy atom. The van der Waals surface area contributed by atoms with Crippen LogP contribution < -0.4 is 4.74 Å². The predicted octanol–water partition coefficient (Wildman–Crippen LogP) is 1.27. The van der Waals surface area contributed by atoms with E-state index in [0.717, 1.165) is 0 Å². The van der Waals surface area contributed by atoms with E-state index in [9.17, 15) is 90.7 Å². The van der Waals surface area contributed by atoms with Crippen molar-refractivity contribution in [2.75, 3.05) is 6.61 Å². The molecule has 57 heavy (non-hydrogen) atoms. The maximum Gasteiger partial charge on any atom is 0.339 e. The molecule has 14 N–H and O–H groups in total. The summed E-state index contributed by atoms with van der Waals surface area (Å²) in [7, 11) is 0. The molecule has 1 aliphatic heterocycles. The molecule has 22 nitrogen and oxygen atoms in total. The van der Waals surface area contributed by atoms with Crippen molar-refractivity contribution in [1.82, 2.24) is 0 Å². The largest absolute Gasteiger partial charge is 0.504 e. The predicted molar refractivity (Wildman–Crippen MR) is 179 cm³/mol. The minimum Gasteiger partial charge on any atom is -0.504 e. The number of carboxylic acids is 1. The van der Waals surface area contributed by atoms with E-state index in [4.69, 9.17) is 18.9 Å². The summed E-state index contributed by atoms with van der Waals surface area (Å²) in [5, 5.41) is 144. The van der Waals surface area contributed by atoms with E-state index < -0.39 is 175 Å². The number of rotatable bonds is 6. The van der Waals surface area contributed by atoms with E-state index in [2.05, 4.69) is 0 Å². The van der Waals surface area contributed by atoms with Crippen molar-refractivity contribution in [2.24, 2.45) is 5.92 Å². The number of hydrogen-bond donors (Lipinski definition) is 14. The van der Waals surface area contributed by atoms with Crippen molar-refractivity contribution in [3.8, 4) is 85.9 Å². The van der Waals surface area contributed by atoms with Crippen LogP contribution in [0.15, 0.2) is 30.3 Å². The number of fused-ring (bicyclic) bond motifs is 4. The minimum atomic E-state index is -2.08. The molecular formula is C35H28O22. The van der Waals surface area contributed by atoms with E-state index in [1.165, 1.54) is 0 Å². The summed E-state index contributed by atoms with van der Waals surface area (Å²) in [5.41, 5.74) is -5.39. The Kier molecular flexibility index (Phi) is 9.69. The molecular weight excluding hydrogens is 772 g/mol. The van der Waals surface area contributed by atoms with E-state index in [0.29, 0.717) is 30.3 Å². The first-order valence-corrected chi connectivity index (χ1v) is 16.0. The lowest BCUT2D eigenvalue weighted by molar-refractivity contribution is -0.168. The fraction of sp³-hybridized carbons (Fsp3) is 0.200. The Balaban J connectivity index is 1.44. The maximum atomic E-state index is 13.9. The summed E-state index contributed by atoms with van der Waals surface area (Å²) >= 11 is 0. The third kappa shape index (κ3) is 6.48. The lowest BCUT2D eigenvalue weighted by Gasteiger charge is -2.43. The third-order valence-corrected chi connectivity index (χ3v) is 9.16. The number of carbonyl (C=O) groups is 4. The molecule has 0 spiro atoms. The Hall–Kier alpha value is -7.72. The van der Waals surface area contributed by atoms with Gasteiger partial charge >= 0.3 is 23.9 Å². The van der Waals surface area contributed by atoms with Crippen LogP contribution >= 0.6 is 0 Å². The molecule has 0 saturated heterocycles. The van der Waals surface area contributed by atoms with Crippen molar-refractivity contribution in [3.05, 3.63) is 52.6 Å². The van der Waals surface area contributed by atoms with E-state index in [1.807, 2.05) is 0 Å². The lowest BCUT2D eigenvalue weighted by atomic mass is 9.80. The van der Waals surface area contributed by atoms with Gasteiger partial charge in [0.15, 0.2) is 58.2 Å². The molecule has 0 amide bonds. The van der Waals surface area contributed by atoms with Gasteiger partial charge in [-0.2, -0.15) is 0 Å². The summed E-state index contributed by atoms with van der Waals surface area (Å²) in [6.07, 6.45) is -8.48. The van der Waals surface area contributed by atoms with Gasteiger partial charge in [-0.05, 0) is 30.7 Å². The molecule has 0 aromatic heterocycles. The first kappa shape index (κ1) is 39.0. The van der Waals surface area contributed by atoms with Crippen molar-refractivity contribution in [1.29, 1.82) is 0 Å². The molecule has 0 unspecified atom stereocenters. The molecule has 300 valence electrons. The Bertz CT molecular complexity index is 2390. The van der Waals surface area contributed by atoms with Crippen molar-refractivity contribution < 1.29 is 110 Å². The highest BCUT2D eigenvalue weighted by Gasteiger charge is 2.51. The van der Waals surface area contributed by atoms with Gasteiger partial charge in [-0.15, -0.1) is 0 Å². The number of carbonyl (C=O) groups excluding carboxylic acids is 3. The highest BCUT2D eigenvalue weighted by Crippen LogP contribution is 2.54. The summed E-state index contributed by atoms with van der Waals surface area (Å²) in [5.74, 6) is -23.2. The molecule has 4 aromatic rings. The SMILES string of the molecule is O=C(O[C@H]1C[C@H](CO)[C@@H](O)[C@@H]2OC(=O)c3cc(O)c(O)c(O)c3-c3c(cc(O)c(O)c3O)C(=O)O[C@@H]21)c1cc(O)c(O)c(Oc2c(C(=O)O)cc(O)c(O)c2O)c1. The molecule has 22 heteroatoms. The smallest absolute Gasteiger partial charge is 0.339 e. The van der Waals surface area contributed by atoms with Crippen LogP contribution in [0.2, 0.25) is 0 Å². The van der Waals surface area contributed by atoms with Crippen LogP contribution in [-0.4, -0.2) is 126 Å². The van der Waals surface area contributed by atoms with Crippen LogP contribution in [0.4, 0.5) is 0 Å². The second-order valence-electron chi connectivity index (χ2n) is 12.6. The van der Waals surface area contributed by atoms with Gasteiger partial charge in [-0.3, -0.25) is 0 Å². The van der Waals surface area contributed by atoms with Crippen LogP contribution in [0, 0.1) is 5.92 Å². The second kappa shape index (κ2) is 14.2.